The van der Waals surface area contributed by atoms with E-state index in [9.17, 15) is 17.6 Å². The lowest BCUT2D eigenvalue weighted by atomic mass is 10.0. The van der Waals surface area contributed by atoms with Gasteiger partial charge in [0.1, 0.15) is 11.6 Å². The highest BCUT2D eigenvalue weighted by atomic mass is 32.2. The molecule has 0 atom stereocenters. The molecule has 1 amide bonds. The molecule has 3 aromatic carbocycles. The number of nitrogens with zero attached hydrogens (tertiary/aromatic N) is 3. The van der Waals surface area contributed by atoms with Crippen LogP contribution < -0.4 is 10.2 Å². The largest absolute Gasteiger partial charge is 0.381 e. The van der Waals surface area contributed by atoms with Gasteiger partial charge >= 0.3 is 0 Å². The van der Waals surface area contributed by atoms with Crippen LogP contribution >= 0.6 is 0 Å². The Morgan fingerprint density at radius 1 is 0.951 bits per heavy atom. The van der Waals surface area contributed by atoms with E-state index in [2.05, 4.69) is 25.4 Å². The molecule has 0 bridgehead atoms. The zero-order valence-electron chi connectivity index (χ0n) is 21.8. The lowest BCUT2D eigenvalue weighted by molar-refractivity contribution is 0.0863. The average Bonchev–Trinajstić information content (AvgIpc) is 3.40. The van der Waals surface area contributed by atoms with Crippen LogP contribution in [0, 0.1) is 5.82 Å². The van der Waals surface area contributed by atoms with Gasteiger partial charge < -0.3 is 15.0 Å². The van der Waals surface area contributed by atoms with Gasteiger partial charge in [0.25, 0.3) is 5.91 Å². The standard InChI is InChI=1S/C30H26FN5O4S/c31-20-6-4-9-23(18-20)41(38,39)24-11-12-27-26(19-24)28(35-34-27)33-30(37)25-10-5-15-32-29(25)36(21-7-2-1-3-8-21)22-13-16-40-17-14-22/h1-12,15,18-19,22H,13-14,16-17H2,(H2,33,34,35,37). The topological polar surface area (TPSA) is 117 Å². The number of sulfone groups is 1. The van der Waals surface area contributed by atoms with Gasteiger partial charge in [0.2, 0.25) is 9.84 Å². The summed E-state index contributed by atoms with van der Waals surface area (Å²) in [6.45, 7) is 1.23. The molecular weight excluding hydrogens is 545 g/mol. The quantitative estimate of drug-likeness (QED) is 0.265. The third-order valence-corrected chi connectivity index (χ3v) is 8.78. The Hall–Kier alpha value is -4.61. The van der Waals surface area contributed by atoms with Gasteiger partial charge in [-0.25, -0.2) is 17.8 Å². The number of fused-ring (bicyclic) bond motifs is 1. The molecule has 6 rings (SSSR count). The molecule has 0 radical (unpaired) electrons. The number of para-hydroxylation sites is 1. The van der Waals surface area contributed by atoms with Crippen molar-refractivity contribution in [2.24, 2.45) is 0 Å². The van der Waals surface area contributed by atoms with Crippen molar-refractivity contribution < 1.29 is 22.3 Å². The van der Waals surface area contributed by atoms with Gasteiger partial charge in [0, 0.05) is 36.5 Å². The molecule has 1 saturated heterocycles. The lowest BCUT2D eigenvalue weighted by Gasteiger charge is -2.36. The number of halogens is 1. The molecule has 9 nitrogen and oxygen atoms in total. The van der Waals surface area contributed by atoms with Crippen LogP contribution in [-0.2, 0) is 14.6 Å². The summed E-state index contributed by atoms with van der Waals surface area (Å²) < 4.78 is 45.7. The minimum absolute atomic E-state index is 0.0515. The fourth-order valence-electron chi connectivity index (χ4n) is 5.00. The summed E-state index contributed by atoms with van der Waals surface area (Å²) in [6.07, 6.45) is 3.20. The Bertz CT molecular complexity index is 1820. The summed E-state index contributed by atoms with van der Waals surface area (Å²) in [5.74, 6) is -0.445. The first-order valence-electron chi connectivity index (χ1n) is 13.1. The number of ether oxygens (including phenoxy) is 1. The van der Waals surface area contributed by atoms with Gasteiger partial charge in [-0.05, 0) is 73.5 Å². The lowest BCUT2D eigenvalue weighted by Crippen LogP contribution is -2.37. The number of aromatic nitrogens is 3. The van der Waals surface area contributed by atoms with E-state index in [0.717, 1.165) is 24.6 Å². The Morgan fingerprint density at radius 2 is 1.73 bits per heavy atom. The molecule has 11 heteroatoms. The Kier molecular flexibility index (Phi) is 7.21. The molecule has 0 aliphatic carbocycles. The van der Waals surface area contributed by atoms with Gasteiger partial charge in [-0.15, -0.1) is 0 Å². The van der Waals surface area contributed by atoms with Gasteiger partial charge in [-0.3, -0.25) is 9.89 Å². The molecule has 1 fully saturated rings. The second kappa shape index (κ2) is 11.1. The zero-order valence-corrected chi connectivity index (χ0v) is 22.6. The number of amides is 1. The summed E-state index contributed by atoms with van der Waals surface area (Å²) in [5, 5.41) is 10.3. The van der Waals surface area contributed by atoms with Gasteiger partial charge in [0.05, 0.1) is 20.9 Å². The van der Waals surface area contributed by atoms with Crippen LogP contribution in [0.4, 0.5) is 21.7 Å². The highest BCUT2D eigenvalue weighted by molar-refractivity contribution is 7.91. The number of hydrogen-bond acceptors (Lipinski definition) is 7. The second-order valence-corrected chi connectivity index (χ2v) is 11.6. The fourth-order valence-corrected chi connectivity index (χ4v) is 6.32. The van der Waals surface area contributed by atoms with Crippen LogP contribution in [0.15, 0.2) is 101 Å². The minimum atomic E-state index is -4.01. The van der Waals surface area contributed by atoms with Crippen LogP contribution in [0.1, 0.15) is 23.2 Å². The van der Waals surface area contributed by atoms with Crippen LogP contribution in [0.3, 0.4) is 0 Å². The minimum Gasteiger partial charge on any atom is -0.381 e. The van der Waals surface area contributed by atoms with Gasteiger partial charge in [0.15, 0.2) is 5.82 Å². The number of anilines is 3. The maximum atomic E-state index is 13.8. The van der Waals surface area contributed by atoms with Crippen LogP contribution in [0.5, 0.6) is 0 Å². The molecule has 208 valence electrons. The Labute approximate surface area is 235 Å². The smallest absolute Gasteiger partial charge is 0.260 e. The fraction of sp³-hybridized carbons (Fsp3) is 0.167. The number of hydrogen-bond donors (Lipinski definition) is 2. The second-order valence-electron chi connectivity index (χ2n) is 9.62. The first-order chi connectivity index (χ1) is 19.9. The van der Waals surface area contributed by atoms with Crippen molar-refractivity contribution in [2.45, 2.75) is 28.7 Å². The molecule has 3 heterocycles. The number of benzene rings is 3. The maximum Gasteiger partial charge on any atom is 0.260 e. The molecule has 1 aliphatic rings. The number of H-pyrrole nitrogens is 1. The van der Waals surface area contributed by atoms with Crippen molar-refractivity contribution in [3.8, 4) is 0 Å². The maximum absolute atomic E-state index is 13.8. The van der Waals surface area contributed by atoms with Crippen molar-refractivity contribution in [3.63, 3.8) is 0 Å². The van der Waals surface area contributed by atoms with E-state index in [1.54, 1.807) is 24.4 Å². The molecule has 41 heavy (non-hydrogen) atoms. The average molecular weight is 572 g/mol. The number of carbonyl (C=O) groups excluding carboxylic acids is 1. The van der Waals surface area contributed by atoms with Crippen LogP contribution in [-0.4, -0.2) is 48.8 Å². The van der Waals surface area contributed by atoms with Crippen LogP contribution in [0.2, 0.25) is 0 Å². The Morgan fingerprint density at radius 3 is 2.51 bits per heavy atom. The third-order valence-electron chi connectivity index (χ3n) is 7.03. The predicted octanol–water partition coefficient (Wildman–Crippen LogP) is 5.50. The summed E-state index contributed by atoms with van der Waals surface area (Å²) in [7, 11) is -4.01. The van der Waals surface area contributed by atoms with Gasteiger partial charge in [-0.2, -0.15) is 5.10 Å². The molecular formula is C30H26FN5O4S. The SMILES string of the molecule is O=C(Nc1n[nH]c2ccc(S(=O)(=O)c3cccc(F)c3)cc12)c1cccnc1N(c1ccccc1)C1CCOCC1. The summed E-state index contributed by atoms with van der Waals surface area (Å²) in [6, 6.07) is 22.5. The molecule has 5 aromatic rings. The molecule has 0 unspecified atom stereocenters. The number of carbonyl (C=O) groups is 1. The highest BCUT2D eigenvalue weighted by Gasteiger charge is 2.28. The summed E-state index contributed by atoms with van der Waals surface area (Å²) >= 11 is 0. The third kappa shape index (κ3) is 5.29. The molecule has 2 N–H and O–H groups in total. The van der Waals surface area contributed by atoms with Gasteiger partial charge in [-0.1, -0.05) is 24.3 Å². The number of rotatable bonds is 7. The number of nitrogens with one attached hydrogen (secondary N) is 2. The van der Waals surface area contributed by atoms with Crippen LogP contribution in [0.25, 0.3) is 10.9 Å². The number of aromatic amines is 1. The predicted molar refractivity (Wildman–Crippen MR) is 153 cm³/mol. The van der Waals surface area contributed by atoms with E-state index < -0.39 is 21.6 Å². The van der Waals surface area contributed by atoms with E-state index in [-0.39, 0.29) is 21.7 Å². The first-order valence-corrected chi connectivity index (χ1v) is 14.6. The zero-order chi connectivity index (χ0) is 28.4. The summed E-state index contributed by atoms with van der Waals surface area (Å²) in [4.78, 5) is 20.2. The molecule has 1 aliphatic heterocycles. The highest BCUT2D eigenvalue weighted by Crippen LogP contribution is 2.33. The van der Waals surface area contributed by atoms with E-state index in [1.807, 2.05) is 30.3 Å². The number of pyridine rings is 1. The molecule has 0 saturated carbocycles. The molecule has 0 spiro atoms. The molecule has 2 aromatic heterocycles. The van der Waals surface area contributed by atoms with E-state index in [1.165, 1.54) is 30.3 Å². The van der Waals surface area contributed by atoms with Crippen molar-refractivity contribution in [3.05, 3.63) is 103 Å². The van der Waals surface area contributed by atoms with E-state index >= 15 is 0 Å². The van der Waals surface area contributed by atoms with Crippen molar-refractivity contribution in [2.75, 3.05) is 23.4 Å². The summed E-state index contributed by atoms with van der Waals surface area (Å²) in [5.41, 5.74) is 1.77. The Balaban J connectivity index is 1.35. The van der Waals surface area contributed by atoms with Crippen molar-refractivity contribution >= 4 is 44.0 Å². The monoisotopic (exact) mass is 571 g/mol. The van der Waals surface area contributed by atoms with E-state index in [0.29, 0.717) is 35.5 Å². The van der Waals surface area contributed by atoms with E-state index in [4.69, 9.17) is 4.74 Å². The van der Waals surface area contributed by atoms with Crippen molar-refractivity contribution in [1.82, 2.24) is 15.2 Å². The first kappa shape index (κ1) is 26.6. The van der Waals surface area contributed by atoms with Crippen molar-refractivity contribution in [1.29, 1.82) is 0 Å². The normalized spacial score (nSPS) is 14.2.